The SMILES string of the molecule is [CH2]C(C=C)OC. The van der Waals surface area contributed by atoms with Crippen molar-refractivity contribution in [1.82, 2.24) is 0 Å². The maximum atomic E-state index is 4.67. The Balaban J connectivity index is 2.96. The van der Waals surface area contributed by atoms with Crippen LogP contribution in [-0.4, -0.2) is 13.2 Å². The zero-order chi connectivity index (χ0) is 4.99. The van der Waals surface area contributed by atoms with Crippen molar-refractivity contribution < 1.29 is 4.74 Å². The van der Waals surface area contributed by atoms with E-state index in [1.165, 1.54) is 0 Å². The van der Waals surface area contributed by atoms with Crippen molar-refractivity contribution in [1.29, 1.82) is 0 Å². The van der Waals surface area contributed by atoms with Crippen LogP contribution in [0.4, 0.5) is 0 Å². The van der Waals surface area contributed by atoms with Crippen molar-refractivity contribution in [3.05, 3.63) is 19.6 Å². The second kappa shape index (κ2) is 2.91. The first-order valence-electron chi connectivity index (χ1n) is 1.79. The predicted molar refractivity (Wildman–Crippen MR) is 26.4 cm³/mol. The molecule has 0 saturated carbocycles. The average Bonchev–Trinajstić information content (AvgIpc) is 1.65. The van der Waals surface area contributed by atoms with E-state index in [1.54, 1.807) is 13.2 Å². The zero-order valence-electron chi connectivity index (χ0n) is 3.98. The van der Waals surface area contributed by atoms with E-state index in [0.29, 0.717) is 0 Å². The minimum atomic E-state index is -0.0509. The summed E-state index contributed by atoms with van der Waals surface area (Å²) in [5.74, 6) is 0. The Morgan fingerprint density at radius 2 is 2.33 bits per heavy atom. The lowest BCUT2D eigenvalue weighted by molar-refractivity contribution is 0.176. The van der Waals surface area contributed by atoms with Gasteiger partial charge in [0.25, 0.3) is 0 Å². The molecular formula is C5H9O. The summed E-state index contributed by atoms with van der Waals surface area (Å²) in [5.41, 5.74) is 0. The van der Waals surface area contributed by atoms with E-state index >= 15 is 0 Å². The van der Waals surface area contributed by atoms with E-state index in [1.807, 2.05) is 0 Å². The largest absolute Gasteiger partial charge is 0.377 e. The van der Waals surface area contributed by atoms with Crippen molar-refractivity contribution in [2.75, 3.05) is 7.11 Å². The summed E-state index contributed by atoms with van der Waals surface area (Å²) < 4.78 is 4.67. The molecule has 1 radical (unpaired) electrons. The Bertz CT molecular complexity index is 41.2. The lowest BCUT2D eigenvalue weighted by Crippen LogP contribution is -1.97. The fourth-order valence-electron chi connectivity index (χ4n) is 0.0962. The standard InChI is InChI=1S/C5H9O/c1-4-5(2)6-3/h4-5H,1-2H2,3H3. The Hall–Kier alpha value is -0.300. The van der Waals surface area contributed by atoms with Crippen LogP contribution in [0.3, 0.4) is 0 Å². The summed E-state index contributed by atoms with van der Waals surface area (Å²) >= 11 is 0. The van der Waals surface area contributed by atoms with Gasteiger partial charge in [-0.25, -0.2) is 0 Å². The van der Waals surface area contributed by atoms with Crippen molar-refractivity contribution in [3.63, 3.8) is 0 Å². The molecule has 0 aliphatic heterocycles. The first kappa shape index (κ1) is 5.70. The summed E-state index contributed by atoms with van der Waals surface area (Å²) in [5, 5.41) is 0. The number of rotatable bonds is 2. The van der Waals surface area contributed by atoms with Gasteiger partial charge in [0.05, 0.1) is 6.10 Å². The van der Waals surface area contributed by atoms with Gasteiger partial charge < -0.3 is 4.74 Å². The van der Waals surface area contributed by atoms with Crippen molar-refractivity contribution in [3.8, 4) is 0 Å². The third-order valence-corrected chi connectivity index (χ3v) is 0.566. The molecule has 0 rings (SSSR count). The first-order chi connectivity index (χ1) is 2.81. The van der Waals surface area contributed by atoms with Crippen molar-refractivity contribution in [2.24, 2.45) is 0 Å². The van der Waals surface area contributed by atoms with Gasteiger partial charge in [-0.1, -0.05) is 6.08 Å². The Labute approximate surface area is 38.6 Å². The van der Waals surface area contributed by atoms with Gasteiger partial charge in [-0.05, 0) is 6.92 Å². The predicted octanol–water partition coefficient (Wildman–Crippen LogP) is 1.02. The lowest BCUT2D eigenvalue weighted by Gasteiger charge is -1.97. The van der Waals surface area contributed by atoms with Crippen LogP contribution in [0.1, 0.15) is 0 Å². The average molecular weight is 85.1 g/mol. The molecule has 1 atom stereocenters. The molecule has 35 valence electrons. The third kappa shape index (κ3) is 1.97. The van der Waals surface area contributed by atoms with Gasteiger partial charge >= 0.3 is 0 Å². The molecule has 0 aromatic heterocycles. The van der Waals surface area contributed by atoms with Crippen molar-refractivity contribution >= 4 is 0 Å². The smallest absolute Gasteiger partial charge is 0.0750 e. The Kier molecular flexibility index (Phi) is 2.77. The maximum absolute atomic E-state index is 4.67. The van der Waals surface area contributed by atoms with Gasteiger partial charge in [-0.15, -0.1) is 6.58 Å². The molecule has 0 aliphatic carbocycles. The summed E-state index contributed by atoms with van der Waals surface area (Å²) in [4.78, 5) is 0. The van der Waals surface area contributed by atoms with E-state index in [0.717, 1.165) is 0 Å². The summed E-state index contributed by atoms with van der Waals surface area (Å²) in [6.07, 6.45) is 1.59. The maximum Gasteiger partial charge on any atom is 0.0750 e. The number of hydrogen-bond acceptors (Lipinski definition) is 1. The normalized spacial score (nSPS) is 13.7. The molecule has 0 aromatic rings. The molecule has 0 heterocycles. The molecule has 1 nitrogen and oxygen atoms in total. The van der Waals surface area contributed by atoms with Gasteiger partial charge in [0, 0.05) is 7.11 Å². The number of ether oxygens (including phenoxy) is 1. The highest BCUT2D eigenvalue weighted by atomic mass is 16.5. The molecule has 0 aromatic carbocycles. The van der Waals surface area contributed by atoms with E-state index in [2.05, 4.69) is 18.2 Å². The van der Waals surface area contributed by atoms with Crippen LogP contribution in [0.15, 0.2) is 12.7 Å². The monoisotopic (exact) mass is 85.1 g/mol. The lowest BCUT2D eigenvalue weighted by atomic mass is 10.4. The molecule has 0 saturated heterocycles. The minimum Gasteiger partial charge on any atom is -0.377 e. The fourth-order valence-corrected chi connectivity index (χ4v) is 0.0962. The van der Waals surface area contributed by atoms with Crippen LogP contribution >= 0.6 is 0 Å². The van der Waals surface area contributed by atoms with Gasteiger partial charge in [0.1, 0.15) is 0 Å². The summed E-state index contributed by atoms with van der Waals surface area (Å²) in [6, 6.07) is 0. The first-order valence-corrected chi connectivity index (χ1v) is 1.79. The molecule has 0 amide bonds. The molecule has 0 spiro atoms. The fraction of sp³-hybridized carbons (Fsp3) is 0.400. The number of hydrogen-bond donors (Lipinski definition) is 0. The second-order valence-electron chi connectivity index (χ2n) is 1.01. The molecule has 0 fully saturated rings. The van der Waals surface area contributed by atoms with E-state index < -0.39 is 0 Å². The topological polar surface area (TPSA) is 9.23 Å². The highest BCUT2D eigenvalue weighted by Crippen LogP contribution is 1.82. The van der Waals surface area contributed by atoms with Crippen LogP contribution in [-0.2, 0) is 4.74 Å². The summed E-state index contributed by atoms with van der Waals surface area (Å²) in [7, 11) is 1.60. The van der Waals surface area contributed by atoms with E-state index in [-0.39, 0.29) is 6.10 Å². The quantitative estimate of drug-likeness (QED) is 0.455. The summed E-state index contributed by atoms with van der Waals surface area (Å²) in [6.45, 7) is 6.98. The van der Waals surface area contributed by atoms with Gasteiger partial charge in [0.2, 0.25) is 0 Å². The molecule has 0 bridgehead atoms. The molecule has 0 N–H and O–H groups in total. The van der Waals surface area contributed by atoms with Crippen LogP contribution in [0.5, 0.6) is 0 Å². The molecule has 1 unspecified atom stereocenters. The highest BCUT2D eigenvalue weighted by molar-refractivity contribution is 4.80. The van der Waals surface area contributed by atoms with Crippen LogP contribution in [0.2, 0.25) is 0 Å². The highest BCUT2D eigenvalue weighted by Gasteiger charge is 1.83. The van der Waals surface area contributed by atoms with E-state index in [4.69, 9.17) is 0 Å². The zero-order valence-corrected chi connectivity index (χ0v) is 3.98. The molecule has 0 aliphatic rings. The Morgan fingerprint density at radius 3 is 2.33 bits per heavy atom. The third-order valence-electron chi connectivity index (χ3n) is 0.566. The molecule has 1 heteroatoms. The minimum absolute atomic E-state index is 0.0509. The van der Waals surface area contributed by atoms with Crippen LogP contribution in [0.25, 0.3) is 0 Å². The van der Waals surface area contributed by atoms with Crippen molar-refractivity contribution in [2.45, 2.75) is 6.10 Å². The molecular weight excluding hydrogens is 76.1 g/mol. The Morgan fingerprint density at radius 1 is 1.83 bits per heavy atom. The van der Waals surface area contributed by atoms with Gasteiger partial charge in [-0.2, -0.15) is 0 Å². The van der Waals surface area contributed by atoms with Gasteiger partial charge in [0.15, 0.2) is 0 Å². The van der Waals surface area contributed by atoms with Gasteiger partial charge in [-0.3, -0.25) is 0 Å². The van der Waals surface area contributed by atoms with E-state index in [9.17, 15) is 0 Å². The second-order valence-corrected chi connectivity index (χ2v) is 1.01. The van der Waals surface area contributed by atoms with Crippen LogP contribution < -0.4 is 0 Å². The van der Waals surface area contributed by atoms with Crippen LogP contribution in [0, 0.1) is 6.92 Å². The number of methoxy groups -OCH3 is 1. The molecule has 6 heavy (non-hydrogen) atoms.